The van der Waals surface area contributed by atoms with E-state index in [1.54, 1.807) is 26.8 Å². The van der Waals surface area contributed by atoms with Gasteiger partial charge >= 0.3 is 0 Å². The molecule has 20 heavy (non-hydrogen) atoms. The molecule has 0 aliphatic rings. The summed E-state index contributed by atoms with van der Waals surface area (Å²) in [6.45, 7) is 5.13. The maximum Gasteiger partial charge on any atom is 0.270 e. The summed E-state index contributed by atoms with van der Waals surface area (Å²) in [7, 11) is 0. The fourth-order valence-electron chi connectivity index (χ4n) is 1.78. The average molecular weight is 273 g/mol. The number of benzene rings is 1. The van der Waals surface area contributed by atoms with Crippen LogP contribution in [-0.2, 0) is 0 Å². The summed E-state index contributed by atoms with van der Waals surface area (Å²) in [6.07, 6.45) is -0.677. The molecule has 2 aromatic rings. The van der Waals surface area contributed by atoms with Gasteiger partial charge in [0.2, 0.25) is 0 Å². The van der Waals surface area contributed by atoms with Crippen LogP contribution in [0.15, 0.2) is 30.3 Å². The maximum absolute atomic E-state index is 12.2. The number of hydrogen-bond donors (Lipinski definition) is 3. The largest absolute Gasteiger partial charge is 0.398 e. The lowest BCUT2D eigenvalue weighted by Gasteiger charge is -2.29. The summed E-state index contributed by atoms with van der Waals surface area (Å²) in [6, 6.07) is 8.93. The average Bonchev–Trinajstić information content (AvgIpc) is 2.38. The molecule has 0 fully saturated rings. The van der Waals surface area contributed by atoms with Crippen molar-refractivity contribution in [2.75, 3.05) is 5.73 Å². The molecule has 0 bridgehead atoms. The Hall–Kier alpha value is -2.14. The van der Waals surface area contributed by atoms with Crippen molar-refractivity contribution in [1.29, 1.82) is 0 Å². The number of nitrogens with two attached hydrogens (primary N) is 1. The molecule has 0 spiro atoms. The molecule has 1 aromatic carbocycles. The second-order valence-electron chi connectivity index (χ2n) is 5.47. The first-order valence-electron chi connectivity index (χ1n) is 6.47. The van der Waals surface area contributed by atoms with Gasteiger partial charge in [0.15, 0.2) is 0 Å². The number of nitrogens with one attached hydrogen (secondary N) is 1. The first kappa shape index (κ1) is 14.3. The number of aliphatic hydroxyl groups excluding tert-OH is 1. The van der Waals surface area contributed by atoms with Crippen molar-refractivity contribution in [3.63, 3.8) is 0 Å². The van der Waals surface area contributed by atoms with Gasteiger partial charge in [0.25, 0.3) is 5.91 Å². The van der Waals surface area contributed by atoms with Gasteiger partial charge in [-0.05, 0) is 32.9 Å². The molecule has 1 heterocycles. The third-order valence-corrected chi connectivity index (χ3v) is 3.46. The van der Waals surface area contributed by atoms with Crippen molar-refractivity contribution in [2.24, 2.45) is 0 Å². The molecule has 0 aliphatic heterocycles. The Morgan fingerprint density at radius 1 is 1.40 bits per heavy atom. The Morgan fingerprint density at radius 2 is 2.05 bits per heavy atom. The summed E-state index contributed by atoms with van der Waals surface area (Å²) in [5.41, 5.74) is 6.64. The molecule has 1 atom stereocenters. The number of aliphatic hydroxyl groups is 1. The van der Waals surface area contributed by atoms with Crippen LogP contribution in [0.25, 0.3) is 10.9 Å². The number of nitrogen functional groups attached to an aromatic ring is 1. The normalized spacial score (nSPS) is 13.2. The molecule has 5 heteroatoms. The van der Waals surface area contributed by atoms with E-state index in [-0.39, 0.29) is 11.6 Å². The summed E-state index contributed by atoms with van der Waals surface area (Å²) < 4.78 is 0. The Labute approximate surface area is 117 Å². The Morgan fingerprint density at radius 3 is 2.70 bits per heavy atom. The van der Waals surface area contributed by atoms with Gasteiger partial charge in [-0.25, -0.2) is 4.98 Å². The quantitative estimate of drug-likeness (QED) is 0.794. The van der Waals surface area contributed by atoms with Gasteiger partial charge < -0.3 is 16.2 Å². The van der Waals surface area contributed by atoms with Crippen LogP contribution in [0.3, 0.4) is 0 Å². The fourth-order valence-corrected chi connectivity index (χ4v) is 1.78. The van der Waals surface area contributed by atoms with E-state index in [0.717, 1.165) is 5.39 Å². The van der Waals surface area contributed by atoms with Crippen LogP contribution in [0.5, 0.6) is 0 Å². The second-order valence-corrected chi connectivity index (χ2v) is 5.47. The highest BCUT2D eigenvalue weighted by atomic mass is 16.3. The van der Waals surface area contributed by atoms with Crippen molar-refractivity contribution >= 4 is 22.5 Å². The summed E-state index contributed by atoms with van der Waals surface area (Å²) in [4.78, 5) is 16.5. The number of amides is 1. The standard InChI is InChI=1S/C15H19N3O2/c1-9(19)15(2,3)18-14(20)13-8-11(16)10-6-4-5-7-12(10)17-13/h4-9,19H,1-3H3,(H2,16,17)(H,18,20). The maximum atomic E-state index is 12.2. The van der Waals surface area contributed by atoms with Crippen LogP contribution in [0.2, 0.25) is 0 Å². The highest BCUT2D eigenvalue weighted by molar-refractivity contribution is 5.99. The van der Waals surface area contributed by atoms with Gasteiger partial charge in [0.1, 0.15) is 5.69 Å². The highest BCUT2D eigenvalue weighted by Crippen LogP contribution is 2.20. The van der Waals surface area contributed by atoms with E-state index < -0.39 is 11.6 Å². The molecule has 0 radical (unpaired) electrons. The van der Waals surface area contributed by atoms with E-state index in [2.05, 4.69) is 10.3 Å². The lowest BCUT2D eigenvalue weighted by molar-refractivity contribution is 0.0705. The predicted molar refractivity (Wildman–Crippen MR) is 79.4 cm³/mol. The predicted octanol–water partition coefficient (Wildman–Crippen LogP) is 1.71. The van der Waals surface area contributed by atoms with Crippen molar-refractivity contribution in [3.05, 3.63) is 36.0 Å². The zero-order chi connectivity index (χ0) is 14.9. The number of rotatable bonds is 3. The highest BCUT2D eigenvalue weighted by Gasteiger charge is 2.27. The molecule has 0 aliphatic carbocycles. The number of aromatic nitrogens is 1. The van der Waals surface area contributed by atoms with E-state index in [4.69, 9.17) is 5.73 Å². The minimum atomic E-state index is -0.737. The smallest absolute Gasteiger partial charge is 0.270 e. The van der Waals surface area contributed by atoms with Crippen LogP contribution in [0, 0.1) is 0 Å². The monoisotopic (exact) mass is 273 g/mol. The molecule has 0 saturated heterocycles. The van der Waals surface area contributed by atoms with E-state index in [9.17, 15) is 9.90 Å². The molecule has 1 unspecified atom stereocenters. The van der Waals surface area contributed by atoms with E-state index in [0.29, 0.717) is 11.2 Å². The van der Waals surface area contributed by atoms with Gasteiger partial charge in [0, 0.05) is 11.1 Å². The Bertz CT molecular complexity index is 651. The zero-order valence-corrected chi connectivity index (χ0v) is 11.8. The van der Waals surface area contributed by atoms with Gasteiger partial charge in [-0.1, -0.05) is 18.2 Å². The minimum Gasteiger partial charge on any atom is -0.398 e. The van der Waals surface area contributed by atoms with Crippen molar-refractivity contribution in [2.45, 2.75) is 32.4 Å². The van der Waals surface area contributed by atoms with Crippen molar-refractivity contribution in [1.82, 2.24) is 10.3 Å². The summed E-state index contributed by atoms with van der Waals surface area (Å²) >= 11 is 0. The SMILES string of the molecule is CC(O)C(C)(C)NC(=O)c1cc(N)c2ccccc2n1. The number of nitrogens with zero attached hydrogens (tertiary/aromatic N) is 1. The van der Waals surface area contributed by atoms with E-state index in [1.807, 2.05) is 24.3 Å². The van der Waals surface area contributed by atoms with Gasteiger partial charge in [0.05, 0.1) is 17.2 Å². The van der Waals surface area contributed by atoms with Crippen LogP contribution >= 0.6 is 0 Å². The summed E-state index contributed by atoms with van der Waals surface area (Å²) in [5, 5.41) is 13.2. The molecule has 4 N–H and O–H groups in total. The topological polar surface area (TPSA) is 88.2 Å². The molecule has 0 saturated carbocycles. The Kier molecular flexibility index (Phi) is 3.63. The van der Waals surface area contributed by atoms with Crippen LogP contribution in [-0.4, -0.2) is 27.6 Å². The van der Waals surface area contributed by atoms with E-state index >= 15 is 0 Å². The molecular formula is C15H19N3O2. The fraction of sp³-hybridized carbons (Fsp3) is 0.333. The molecule has 106 valence electrons. The first-order chi connectivity index (χ1) is 9.31. The first-order valence-corrected chi connectivity index (χ1v) is 6.47. The lowest BCUT2D eigenvalue weighted by Crippen LogP contribution is -2.51. The van der Waals surface area contributed by atoms with Crippen LogP contribution in [0.1, 0.15) is 31.3 Å². The summed E-state index contributed by atoms with van der Waals surface area (Å²) in [5.74, 6) is -0.353. The lowest BCUT2D eigenvalue weighted by atomic mass is 9.98. The molecule has 5 nitrogen and oxygen atoms in total. The molecule has 1 aromatic heterocycles. The number of anilines is 1. The minimum absolute atomic E-state index is 0.245. The van der Waals surface area contributed by atoms with E-state index in [1.165, 1.54) is 0 Å². The second kappa shape index (κ2) is 5.09. The van der Waals surface area contributed by atoms with Gasteiger partial charge in [-0.2, -0.15) is 0 Å². The molecular weight excluding hydrogens is 254 g/mol. The number of carbonyl (C=O) groups is 1. The van der Waals surface area contributed by atoms with Crippen molar-refractivity contribution in [3.8, 4) is 0 Å². The third kappa shape index (κ3) is 2.72. The number of fused-ring (bicyclic) bond motifs is 1. The number of para-hydroxylation sites is 1. The third-order valence-electron chi connectivity index (χ3n) is 3.46. The van der Waals surface area contributed by atoms with Crippen molar-refractivity contribution < 1.29 is 9.90 Å². The zero-order valence-electron chi connectivity index (χ0n) is 11.8. The molecule has 1 amide bonds. The molecule has 2 rings (SSSR count). The Balaban J connectivity index is 2.36. The van der Waals surface area contributed by atoms with Gasteiger partial charge in [-0.15, -0.1) is 0 Å². The number of hydrogen-bond acceptors (Lipinski definition) is 4. The number of pyridine rings is 1. The van der Waals surface area contributed by atoms with Crippen LogP contribution < -0.4 is 11.1 Å². The van der Waals surface area contributed by atoms with Gasteiger partial charge in [-0.3, -0.25) is 4.79 Å². The van der Waals surface area contributed by atoms with Crippen LogP contribution in [0.4, 0.5) is 5.69 Å². The number of carbonyl (C=O) groups excluding carboxylic acids is 1.